The number of nitrogens with zero attached hydrogens (tertiary/aromatic N) is 2. The normalized spacial score (nSPS) is 10.7. The van der Waals surface area contributed by atoms with Crippen LogP contribution in [0, 0.1) is 0 Å². The van der Waals surface area contributed by atoms with Crippen LogP contribution < -0.4 is 10.9 Å². The van der Waals surface area contributed by atoms with Crippen LogP contribution in [0.4, 0.5) is 5.69 Å². The first-order valence-electron chi connectivity index (χ1n) is 11.0. The molecule has 1 aromatic heterocycles. The Hall–Kier alpha value is -4.72. The lowest BCUT2D eigenvalue weighted by Gasteiger charge is -2.17. The van der Waals surface area contributed by atoms with Crippen LogP contribution in [0.25, 0.3) is 22.4 Å². The van der Waals surface area contributed by atoms with E-state index in [1.54, 1.807) is 31.2 Å². The van der Waals surface area contributed by atoms with Gasteiger partial charge in [0.25, 0.3) is 11.5 Å². The first kappa shape index (κ1) is 23.4. The average Bonchev–Trinajstić information content (AvgIpc) is 2.86. The van der Waals surface area contributed by atoms with Crippen LogP contribution in [0.1, 0.15) is 22.8 Å². The molecule has 0 aliphatic carbocycles. The summed E-state index contributed by atoms with van der Waals surface area (Å²) in [6.45, 7) is 2.00. The molecule has 0 atom stereocenters. The number of carboxylic acid groups (broad SMARTS) is 1. The zero-order valence-electron chi connectivity index (χ0n) is 18.9. The number of anilines is 1. The molecule has 0 spiro atoms. The average molecular weight is 469 g/mol. The second-order valence-corrected chi connectivity index (χ2v) is 7.83. The topological polar surface area (TPSA) is 122 Å². The molecular formula is C27H23N3O5. The van der Waals surface area contributed by atoms with Crippen molar-refractivity contribution in [3.8, 4) is 28.1 Å². The lowest BCUT2D eigenvalue weighted by atomic mass is 9.95. The van der Waals surface area contributed by atoms with Crippen molar-refractivity contribution in [2.45, 2.75) is 19.9 Å². The molecule has 1 heterocycles. The van der Waals surface area contributed by atoms with Crippen molar-refractivity contribution in [1.29, 1.82) is 0 Å². The minimum atomic E-state index is -1.05. The van der Waals surface area contributed by atoms with Crippen molar-refractivity contribution in [3.05, 3.63) is 100 Å². The summed E-state index contributed by atoms with van der Waals surface area (Å²) >= 11 is 0. The van der Waals surface area contributed by atoms with Gasteiger partial charge in [-0.05, 0) is 30.2 Å². The van der Waals surface area contributed by atoms with Crippen molar-refractivity contribution >= 4 is 17.6 Å². The third-order valence-electron chi connectivity index (χ3n) is 5.46. The molecule has 1 amide bonds. The molecule has 8 heteroatoms. The van der Waals surface area contributed by atoms with Crippen LogP contribution in [0.3, 0.4) is 0 Å². The molecule has 0 fully saturated rings. The number of carbonyl (C=O) groups excluding carboxylic acids is 1. The molecule has 4 rings (SSSR count). The van der Waals surface area contributed by atoms with Gasteiger partial charge in [-0.1, -0.05) is 66.7 Å². The highest BCUT2D eigenvalue weighted by Crippen LogP contribution is 2.33. The van der Waals surface area contributed by atoms with Crippen LogP contribution in [0.5, 0.6) is 5.75 Å². The van der Waals surface area contributed by atoms with Crippen molar-refractivity contribution in [3.63, 3.8) is 0 Å². The number of aromatic nitrogens is 2. The second kappa shape index (κ2) is 10.0. The predicted molar refractivity (Wildman–Crippen MR) is 132 cm³/mol. The van der Waals surface area contributed by atoms with E-state index in [0.717, 1.165) is 5.56 Å². The Bertz CT molecular complexity index is 1450. The van der Waals surface area contributed by atoms with E-state index < -0.39 is 17.4 Å². The minimum absolute atomic E-state index is 0.00767. The molecule has 0 saturated heterocycles. The molecular weight excluding hydrogens is 446 g/mol. The van der Waals surface area contributed by atoms with Gasteiger partial charge in [0.1, 0.15) is 11.3 Å². The monoisotopic (exact) mass is 469 g/mol. The van der Waals surface area contributed by atoms with Gasteiger partial charge in [0, 0.05) is 17.7 Å². The number of phenols is 1. The van der Waals surface area contributed by atoms with E-state index in [2.05, 4.69) is 10.4 Å². The summed E-state index contributed by atoms with van der Waals surface area (Å²) in [5.74, 6) is -2.04. The van der Waals surface area contributed by atoms with Gasteiger partial charge in [-0.3, -0.25) is 14.4 Å². The zero-order chi connectivity index (χ0) is 24.9. The third kappa shape index (κ3) is 4.96. The smallest absolute Gasteiger partial charge is 0.307 e. The maximum atomic E-state index is 13.6. The van der Waals surface area contributed by atoms with Crippen LogP contribution in [0.15, 0.2) is 83.7 Å². The van der Waals surface area contributed by atoms with Gasteiger partial charge in [-0.25, -0.2) is 4.68 Å². The van der Waals surface area contributed by atoms with Crippen LogP contribution in [0.2, 0.25) is 0 Å². The van der Waals surface area contributed by atoms with Gasteiger partial charge < -0.3 is 15.5 Å². The number of aromatic hydroxyl groups is 1. The molecule has 35 heavy (non-hydrogen) atoms. The Morgan fingerprint density at radius 2 is 1.57 bits per heavy atom. The molecule has 8 nitrogen and oxygen atoms in total. The molecule has 0 aliphatic heterocycles. The van der Waals surface area contributed by atoms with Crippen LogP contribution in [-0.4, -0.2) is 31.9 Å². The van der Waals surface area contributed by atoms with Gasteiger partial charge in [0.2, 0.25) is 0 Å². The first-order valence-corrected chi connectivity index (χ1v) is 11.0. The predicted octanol–water partition coefficient (Wildman–Crippen LogP) is 4.18. The lowest BCUT2D eigenvalue weighted by molar-refractivity contribution is -0.136. The van der Waals surface area contributed by atoms with Gasteiger partial charge in [-0.2, -0.15) is 5.10 Å². The molecule has 0 unspecified atom stereocenters. The quantitative estimate of drug-likeness (QED) is 0.349. The highest BCUT2D eigenvalue weighted by molar-refractivity contribution is 6.10. The summed E-state index contributed by atoms with van der Waals surface area (Å²) in [7, 11) is 0. The van der Waals surface area contributed by atoms with Crippen molar-refractivity contribution in [1.82, 2.24) is 9.78 Å². The van der Waals surface area contributed by atoms with Crippen LogP contribution >= 0.6 is 0 Å². The number of aryl methyl sites for hydroxylation is 1. The van der Waals surface area contributed by atoms with E-state index in [0.29, 0.717) is 22.4 Å². The fourth-order valence-electron chi connectivity index (χ4n) is 3.83. The Labute approximate surface area is 201 Å². The fraction of sp³-hybridized carbons (Fsp3) is 0.111. The van der Waals surface area contributed by atoms with Crippen molar-refractivity contribution < 1.29 is 19.8 Å². The number of nitrogens with one attached hydrogen (secondary N) is 1. The highest BCUT2D eigenvalue weighted by Gasteiger charge is 2.25. The fourth-order valence-corrected chi connectivity index (χ4v) is 3.83. The summed E-state index contributed by atoms with van der Waals surface area (Å²) in [6, 6.07) is 22.4. The van der Waals surface area contributed by atoms with Gasteiger partial charge in [0.15, 0.2) is 0 Å². The number of aliphatic carboxylic acids is 1. The summed E-state index contributed by atoms with van der Waals surface area (Å²) in [6.07, 6.45) is -0.283. The molecule has 4 aromatic rings. The van der Waals surface area contributed by atoms with E-state index in [9.17, 15) is 19.5 Å². The molecule has 0 radical (unpaired) electrons. The van der Waals surface area contributed by atoms with E-state index in [4.69, 9.17) is 5.11 Å². The number of carboxylic acids is 1. The number of carbonyl (C=O) groups is 2. The molecule has 176 valence electrons. The van der Waals surface area contributed by atoms with E-state index in [1.807, 2.05) is 36.4 Å². The Balaban J connectivity index is 1.92. The Kier molecular flexibility index (Phi) is 6.73. The largest absolute Gasteiger partial charge is 0.506 e. The number of benzene rings is 3. The first-order chi connectivity index (χ1) is 16.9. The number of amides is 1. The molecule has 3 N–H and O–H groups in total. The van der Waals surface area contributed by atoms with Gasteiger partial charge >= 0.3 is 5.97 Å². The number of rotatable bonds is 7. The highest BCUT2D eigenvalue weighted by atomic mass is 16.4. The number of hydrogen-bond donors (Lipinski definition) is 3. The van der Waals surface area contributed by atoms with Gasteiger partial charge in [0.05, 0.1) is 17.8 Å². The van der Waals surface area contributed by atoms with E-state index in [1.165, 1.54) is 22.9 Å². The summed E-state index contributed by atoms with van der Waals surface area (Å²) in [5, 5.41) is 26.5. The van der Waals surface area contributed by atoms with Crippen LogP contribution in [-0.2, 0) is 17.8 Å². The van der Waals surface area contributed by atoms with Crippen molar-refractivity contribution in [2.75, 3.05) is 5.32 Å². The SMILES string of the molecule is CCn1nc(-c2ccccc2)c(-c2ccccc2)c(C(=O)Nc2cc(CC(=O)O)ccc2O)c1=O. The standard InChI is InChI=1S/C27H23N3O5/c1-2-30-27(35)24(26(34)28-20-15-17(16-22(32)33)13-14-21(20)31)23(18-9-5-3-6-10-18)25(29-30)19-11-7-4-8-12-19/h3-15,31H,2,16H2,1H3,(H,28,34)(H,32,33). The second-order valence-electron chi connectivity index (χ2n) is 7.83. The third-order valence-corrected chi connectivity index (χ3v) is 5.46. The number of hydrogen-bond acceptors (Lipinski definition) is 5. The molecule has 0 bridgehead atoms. The summed E-state index contributed by atoms with van der Waals surface area (Å²) in [5.41, 5.74) is 1.88. The van der Waals surface area contributed by atoms with E-state index >= 15 is 0 Å². The Morgan fingerprint density at radius 1 is 0.943 bits per heavy atom. The lowest BCUT2D eigenvalue weighted by Crippen LogP contribution is -2.32. The summed E-state index contributed by atoms with van der Waals surface area (Å²) in [4.78, 5) is 38.1. The van der Waals surface area contributed by atoms with Crippen molar-refractivity contribution in [2.24, 2.45) is 0 Å². The zero-order valence-corrected chi connectivity index (χ0v) is 18.9. The molecule has 0 aliphatic rings. The maximum Gasteiger partial charge on any atom is 0.307 e. The van der Waals surface area contributed by atoms with E-state index in [-0.39, 0.29) is 30.0 Å². The molecule has 0 saturated carbocycles. The van der Waals surface area contributed by atoms with Gasteiger partial charge in [-0.15, -0.1) is 0 Å². The molecule has 3 aromatic carbocycles. The summed E-state index contributed by atoms with van der Waals surface area (Å²) < 4.78 is 1.23. The Morgan fingerprint density at radius 3 is 2.17 bits per heavy atom. The minimum Gasteiger partial charge on any atom is -0.506 e. The number of phenolic OH excluding ortho intramolecular Hbond substituents is 1. The maximum absolute atomic E-state index is 13.6.